The highest BCUT2D eigenvalue weighted by molar-refractivity contribution is 7.07. The van der Waals surface area contributed by atoms with Crippen LogP contribution in [0.4, 0.5) is 0 Å². The Balaban J connectivity index is 2.41. The zero-order chi connectivity index (χ0) is 13.0. The number of rotatable bonds is 5. The summed E-state index contributed by atoms with van der Waals surface area (Å²) in [6.45, 7) is 0. The van der Waals surface area contributed by atoms with E-state index in [0.29, 0.717) is 0 Å². The lowest BCUT2D eigenvalue weighted by Crippen LogP contribution is -2.18. The van der Waals surface area contributed by atoms with Gasteiger partial charge in [0.2, 0.25) is 0 Å². The van der Waals surface area contributed by atoms with Gasteiger partial charge in [0.25, 0.3) is 0 Å². The number of nitrogens with one attached hydrogen (secondary N) is 1. The van der Waals surface area contributed by atoms with E-state index in [4.69, 9.17) is 9.47 Å². The average Bonchev–Trinajstić information content (AvgIpc) is 2.93. The van der Waals surface area contributed by atoms with Crippen LogP contribution in [0.15, 0.2) is 29.1 Å². The van der Waals surface area contributed by atoms with Crippen LogP contribution in [0, 0.1) is 0 Å². The molecule has 96 valence electrons. The van der Waals surface area contributed by atoms with Crippen molar-refractivity contribution in [3.05, 3.63) is 40.3 Å². The lowest BCUT2D eigenvalue weighted by atomic mass is 10.0. The van der Waals surface area contributed by atoms with Crippen molar-refractivity contribution in [2.75, 3.05) is 21.3 Å². The zero-order valence-corrected chi connectivity index (χ0v) is 11.5. The smallest absolute Gasteiger partial charge is 0.122 e. The van der Waals surface area contributed by atoms with Gasteiger partial charge in [-0.3, -0.25) is 0 Å². The van der Waals surface area contributed by atoms with E-state index in [-0.39, 0.29) is 6.04 Å². The summed E-state index contributed by atoms with van der Waals surface area (Å²) >= 11 is 1.58. The molecule has 1 N–H and O–H groups in total. The molecule has 0 radical (unpaired) electrons. The summed E-state index contributed by atoms with van der Waals surface area (Å²) < 4.78 is 10.6. The lowest BCUT2D eigenvalue weighted by Gasteiger charge is -2.16. The van der Waals surface area contributed by atoms with E-state index < -0.39 is 0 Å². The average molecular weight is 264 g/mol. The monoisotopic (exact) mass is 264 g/mol. The van der Waals surface area contributed by atoms with Crippen molar-refractivity contribution in [3.63, 3.8) is 0 Å². The summed E-state index contributed by atoms with van der Waals surface area (Å²) in [4.78, 5) is 4.35. The molecule has 0 aliphatic carbocycles. The number of hydrogen-bond acceptors (Lipinski definition) is 5. The Morgan fingerprint density at radius 3 is 2.28 bits per heavy atom. The van der Waals surface area contributed by atoms with E-state index in [1.165, 1.54) is 0 Å². The molecule has 4 nitrogen and oxygen atoms in total. The van der Waals surface area contributed by atoms with Gasteiger partial charge >= 0.3 is 0 Å². The van der Waals surface area contributed by atoms with Crippen molar-refractivity contribution in [3.8, 4) is 11.5 Å². The van der Waals surface area contributed by atoms with Gasteiger partial charge in [-0.1, -0.05) is 0 Å². The quantitative estimate of drug-likeness (QED) is 0.901. The Morgan fingerprint density at radius 2 is 1.83 bits per heavy atom. The predicted octanol–water partition coefficient (Wildman–Crippen LogP) is 2.47. The fraction of sp³-hybridized carbons (Fsp3) is 0.308. The molecular weight excluding hydrogens is 248 g/mol. The number of nitrogens with zero attached hydrogens (tertiary/aromatic N) is 1. The SMILES string of the molecule is CNC(c1cc(OC)cc(OC)c1)c1cscn1. The van der Waals surface area contributed by atoms with Crippen molar-refractivity contribution in [1.29, 1.82) is 0 Å². The van der Waals surface area contributed by atoms with E-state index in [1.54, 1.807) is 25.6 Å². The highest BCUT2D eigenvalue weighted by Crippen LogP contribution is 2.29. The van der Waals surface area contributed by atoms with E-state index in [9.17, 15) is 0 Å². The maximum absolute atomic E-state index is 5.28. The van der Waals surface area contributed by atoms with Crippen LogP contribution in [0.25, 0.3) is 0 Å². The fourth-order valence-electron chi connectivity index (χ4n) is 1.85. The van der Waals surface area contributed by atoms with Crippen molar-refractivity contribution in [1.82, 2.24) is 10.3 Å². The van der Waals surface area contributed by atoms with Gasteiger partial charge in [-0.15, -0.1) is 11.3 Å². The zero-order valence-electron chi connectivity index (χ0n) is 10.6. The van der Waals surface area contributed by atoms with Crippen molar-refractivity contribution < 1.29 is 9.47 Å². The Kier molecular flexibility index (Phi) is 4.17. The Labute approximate surface area is 111 Å². The van der Waals surface area contributed by atoms with Crippen molar-refractivity contribution in [2.24, 2.45) is 0 Å². The number of ether oxygens (including phenoxy) is 2. The van der Waals surface area contributed by atoms with Crippen LogP contribution in [-0.2, 0) is 0 Å². The first-order chi connectivity index (χ1) is 8.78. The summed E-state index contributed by atoms with van der Waals surface area (Å²) in [5, 5.41) is 5.29. The van der Waals surface area contributed by atoms with Gasteiger partial charge in [0.15, 0.2) is 0 Å². The molecule has 2 rings (SSSR count). The third kappa shape index (κ3) is 2.63. The molecule has 0 fully saturated rings. The number of hydrogen-bond donors (Lipinski definition) is 1. The Hall–Kier alpha value is -1.59. The molecule has 1 atom stereocenters. The van der Waals surface area contributed by atoms with Gasteiger partial charge in [-0.05, 0) is 24.7 Å². The molecule has 1 heterocycles. The van der Waals surface area contributed by atoms with Crippen LogP contribution in [-0.4, -0.2) is 26.3 Å². The first-order valence-corrected chi connectivity index (χ1v) is 6.51. The minimum atomic E-state index is 0.0419. The van der Waals surface area contributed by atoms with Gasteiger partial charge in [0.1, 0.15) is 11.5 Å². The molecule has 0 bridgehead atoms. The lowest BCUT2D eigenvalue weighted by molar-refractivity contribution is 0.392. The van der Waals surface area contributed by atoms with Gasteiger partial charge in [0.05, 0.1) is 31.5 Å². The molecule has 1 aromatic carbocycles. The first-order valence-electron chi connectivity index (χ1n) is 5.56. The van der Waals surface area contributed by atoms with Crippen LogP contribution < -0.4 is 14.8 Å². The largest absolute Gasteiger partial charge is 0.497 e. The van der Waals surface area contributed by atoms with E-state index in [0.717, 1.165) is 22.8 Å². The third-order valence-electron chi connectivity index (χ3n) is 2.74. The van der Waals surface area contributed by atoms with Gasteiger partial charge in [-0.25, -0.2) is 4.98 Å². The summed E-state index contributed by atoms with van der Waals surface area (Å²) in [5.74, 6) is 1.56. The first kappa shape index (κ1) is 12.9. The summed E-state index contributed by atoms with van der Waals surface area (Å²) in [5.41, 5.74) is 3.90. The second-order valence-corrected chi connectivity index (χ2v) is 4.50. The Bertz CT molecular complexity index is 477. The van der Waals surface area contributed by atoms with E-state index in [1.807, 2.05) is 36.1 Å². The Morgan fingerprint density at radius 1 is 1.17 bits per heavy atom. The van der Waals surface area contributed by atoms with Crippen LogP contribution in [0.3, 0.4) is 0 Å². The molecule has 0 amide bonds. The van der Waals surface area contributed by atoms with E-state index >= 15 is 0 Å². The van der Waals surface area contributed by atoms with Gasteiger partial charge in [0, 0.05) is 11.4 Å². The minimum Gasteiger partial charge on any atom is -0.497 e. The molecule has 1 unspecified atom stereocenters. The molecule has 0 aliphatic heterocycles. The van der Waals surface area contributed by atoms with Crippen LogP contribution in [0.5, 0.6) is 11.5 Å². The predicted molar refractivity (Wildman–Crippen MR) is 72.6 cm³/mol. The van der Waals surface area contributed by atoms with Crippen molar-refractivity contribution >= 4 is 11.3 Å². The summed E-state index contributed by atoms with van der Waals surface area (Å²) in [6.07, 6.45) is 0. The number of thiazole rings is 1. The molecule has 5 heteroatoms. The molecule has 2 aromatic rings. The van der Waals surface area contributed by atoms with Crippen LogP contribution >= 0.6 is 11.3 Å². The van der Waals surface area contributed by atoms with E-state index in [2.05, 4.69) is 10.3 Å². The highest BCUT2D eigenvalue weighted by atomic mass is 32.1. The molecule has 0 spiro atoms. The number of methoxy groups -OCH3 is 2. The van der Waals surface area contributed by atoms with Crippen LogP contribution in [0.2, 0.25) is 0 Å². The normalized spacial score (nSPS) is 12.2. The number of benzene rings is 1. The fourth-order valence-corrected chi connectivity index (χ4v) is 2.43. The second-order valence-electron chi connectivity index (χ2n) is 3.78. The summed E-state index contributed by atoms with van der Waals surface area (Å²) in [6, 6.07) is 5.88. The minimum absolute atomic E-state index is 0.0419. The maximum Gasteiger partial charge on any atom is 0.122 e. The molecule has 1 aromatic heterocycles. The summed E-state index contributed by atoms with van der Waals surface area (Å²) in [7, 11) is 5.21. The maximum atomic E-state index is 5.28. The van der Waals surface area contributed by atoms with Gasteiger partial charge in [-0.2, -0.15) is 0 Å². The van der Waals surface area contributed by atoms with Gasteiger partial charge < -0.3 is 14.8 Å². The molecule has 0 aliphatic rings. The standard InChI is InChI=1S/C13H16N2O2S/c1-14-13(12-7-18-8-15-12)9-4-10(16-2)6-11(5-9)17-3/h4-8,13-14H,1-3H3. The topological polar surface area (TPSA) is 43.4 Å². The molecule has 0 saturated heterocycles. The highest BCUT2D eigenvalue weighted by Gasteiger charge is 2.15. The molecule has 18 heavy (non-hydrogen) atoms. The molecular formula is C13H16N2O2S. The van der Waals surface area contributed by atoms with Crippen LogP contribution in [0.1, 0.15) is 17.3 Å². The third-order valence-corrected chi connectivity index (χ3v) is 3.35. The van der Waals surface area contributed by atoms with Crippen molar-refractivity contribution in [2.45, 2.75) is 6.04 Å². The molecule has 0 saturated carbocycles. The number of aromatic nitrogens is 1. The second kappa shape index (κ2) is 5.84.